The molecule has 2 aliphatic rings. The highest BCUT2D eigenvalue weighted by molar-refractivity contribution is 5.97. The van der Waals surface area contributed by atoms with Gasteiger partial charge in [0.2, 0.25) is 0 Å². The van der Waals surface area contributed by atoms with Crippen LogP contribution in [0.15, 0.2) is 30.6 Å². The molecule has 1 aliphatic carbocycles. The Morgan fingerprint density at radius 2 is 2.19 bits per heavy atom. The molecule has 1 N–H and O–H groups in total. The van der Waals surface area contributed by atoms with Crippen LogP contribution in [0.4, 0.5) is 4.39 Å². The summed E-state index contributed by atoms with van der Waals surface area (Å²) in [5, 5.41) is 13.1. The van der Waals surface area contributed by atoms with Gasteiger partial charge >= 0.3 is 0 Å². The van der Waals surface area contributed by atoms with E-state index < -0.39 is 0 Å². The van der Waals surface area contributed by atoms with Gasteiger partial charge in [0.15, 0.2) is 5.65 Å². The maximum atomic E-state index is 13.4. The number of aromatic nitrogens is 6. The van der Waals surface area contributed by atoms with E-state index in [0.717, 1.165) is 45.9 Å². The van der Waals surface area contributed by atoms with Crippen molar-refractivity contribution < 1.29 is 4.39 Å². The van der Waals surface area contributed by atoms with Crippen LogP contribution in [0.1, 0.15) is 30.3 Å². The van der Waals surface area contributed by atoms with Crippen LogP contribution in [-0.4, -0.2) is 29.9 Å². The average Bonchev–Trinajstić information content (AvgIpc) is 3.14. The normalized spacial score (nSPS) is 20.5. The number of nitrogens with zero attached hydrogens (tertiary/aromatic N) is 5. The van der Waals surface area contributed by atoms with Crippen LogP contribution in [-0.2, 0) is 6.42 Å². The van der Waals surface area contributed by atoms with E-state index in [1.807, 2.05) is 13.1 Å². The molecule has 4 aromatic rings. The molecule has 5 heterocycles. The Morgan fingerprint density at radius 3 is 3.04 bits per heavy atom. The van der Waals surface area contributed by atoms with Crippen LogP contribution in [0.25, 0.3) is 33.5 Å². The molecular weight excluding hydrogens is 343 g/mol. The fraction of sp³-hybridized carbons (Fsp3) is 0.300. The minimum Gasteiger partial charge on any atom is -0.265 e. The highest BCUT2D eigenvalue weighted by atomic mass is 19.1. The number of rotatable bonds is 2. The number of hydrogen-bond donors (Lipinski definition) is 1. The van der Waals surface area contributed by atoms with Gasteiger partial charge in [0, 0.05) is 27.9 Å². The molecule has 7 heteroatoms. The number of pyridine rings is 2. The lowest BCUT2D eigenvalue weighted by Crippen LogP contribution is -2.10. The summed E-state index contributed by atoms with van der Waals surface area (Å²) in [7, 11) is 0. The van der Waals surface area contributed by atoms with Crippen LogP contribution < -0.4 is 0 Å². The van der Waals surface area contributed by atoms with Gasteiger partial charge in [-0.3, -0.25) is 14.8 Å². The molecule has 0 radical (unpaired) electrons. The zero-order chi connectivity index (χ0) is 18.1. The summed E-state index contributed by atoms with van der Waals surface area (Å²) in [5.74, 6) is 0.399. The number of aryl methyl sites for hydroxylation is 1. The van der Waals surface area contributed by atoms with Gasteiger partial charge < -0.3 is 0 Å². The monoisotopic (exact) mass is 360 g/mol. The molecule has 1 aliphatic heterocycles. The van der Waals surface area contributed by atoms with E-state index in [1.54, 1.807) is 6.07 Å². The molecule has 4 aromatic heterocycles. The second-order valence-corrected chi connectivity index (χ2v) is 7.52. The third-order valence-corrected chi connectivity index (χ3v) is 5.75. The van der Waals surface area contributed by atoms with E-state index in [4.69, 9.17) is 5.10 Å². The molecule has 27 heavy (non-hydrogen) atoms. The third-order valence-electron chi connectivity index (χ3n) is 5.75. The van der Waals surface area contributed by atoms with Crippen molar-refractivity contribution >= 4 is 11.0 Å². The van der Waals surface area contributed by atoms with Crippen molar-refractivity contribution in [1.29, 1.82) is 0 Å². The quantitative estimate of drug-likeness (QED) is 0.589. The fourth-order valence-corrected chi connectivity index (χ4v) is 4.39. The summed E-state index contributed by atoms with van der Waals surface area (Å²) in [4.78, 5) is 8.86. The molecule has 1 saturated carbocycles. The highest BCUT2D eigenvalue weighted by Gasteiger charge is 2.45. The van der Waals surface area contributed by atoms with E-state index >= 15 is 0 Å². The van der Waals surface area contributed by atoms with Gasteiger partial charge in [-0.2, -0.15) is 10.2 Å². The number of nitrogens with one attached hydrogen (secondary N) is 1. The van der Waals surface area contributed by atoms with Crippen LogP contribution >= 0.6 is 0 Å². The lowest BCUT2D eigenvalue weighted by Gasteiger charge is -2.15. The molecule has 2 atom stereocenters. The minimum atomic E-state index is -0.344. The Morgan fingerprint density at radius 1 is 1.26 bits per heavy atom. The topological polar surface area (TPSA) is 72.3 Å². The molecule has 2 unspecified atom stereocenters. The predicted octanol–water partition coefficient (Wildman–Crippen LogP) is 3.84. The summed E-state index contributed by atoms with van der Waals surface area (Å²) in [5.41, 5.74) is 6.57. The van der Waals surface area contributed by atoms with Gasteiger partial charge in [-0.25, -0.2) is 9.37 Å². The Hall–Kier alpha value is -3.09. The molecule has 134 valence electrons. The number of H-pyrrole nitrogens is 1. The summed E-state index contributed by atoms with van der Waals surface area (Å²) < 4.78 is 15.6. The van der Waals surface area contributed by atoms with E-state index in [1.165, 1.54) is 30.8 Å². The average molecular weight is 360 g/mol. The molecule has 0 amide bonds. The Balaban J connectivity index is 1.67. The van der Waals surface area contributed by atoms with Crippen molar-refractivity contribution in [2.24, 2.45) is 5.92 Å². The van der Waals surface area contributed by atoms with Crippen LogP contribution in [0.5, 0.6) is 0 Å². The molecular formula is C20H17FN6. The Labute approximate surface area is 154 Å². The molecule has 0 aromatic carbocycles. The second-order valence-electron chi connectivity index (χ2n) is 7.52. The summed E-state index contributed by atoms with van der Waals surface area (Å²) in [6, 6.07) is 5.72. The van der Waals surface area contributed by atoms with Crippen LogP contribution in [0.2, 0.25) is 0 Å². The number of fused-ring (bicyclic) bond motifs is 4. The fourth-order valence-electron chi connectivity index (χ4n) is 4.39. The number of halogens is 1. The first-order valence-corrected chi connectivity index (χ1v) is 9.23. The van der Waals surface area contributed by atoms with E-state index in [0.29, 0.717) is 11.7 Å². The summed E-state index contributed by atoms with van der Waals surface area (Å²) in [6.45, 7) is 1.98. The highest BCUT2D eigenvalue weighted by Crippen LogP contribution is 2.53. The summed E-state index contributed by atoms with van der Waals surface area (Å²) >= 11 is 0. The SMILES string of the molecule is Cc1cc(-c2c(-c3ccc(F)cn3)nn3c2CCC2CC23)c2cn[nH]c2n1. The lowest BCUT2D eigenvalue weighted by molar-refractivity contribution is 0.494. The predicted molar refractivity (Wildman–Crippen MR) is 98.5 cm³/mol. The first kappa shape index (κ1) is 15.0. The molecule has 0 spiro atoms. The minimum absolute atomic E-state index is 0.344. The zero-order valence-electron chi connectivity index (χ0n) is 14.8. The maximum absolute atomic E-state index is 13.4. The largest absolute Gasteiger partial charge is 0.265 e. The first-order valence-electron chi connectivity index (χ1n) is 9.23. The summed E-state index contributed by atoms with van der Waals surface area (Å²) in [6.07, 6.45) is 6.44. The molecule has 6 rings (SSSR count). The molecule has 0 saturated heterocycles. The van der Waals surface area contributed by atoms with Crippen molar-refractivity contribution in [2.45, 2.75) is 32.2 Å². The van der Waals surface area contributed by atoms with Gasteiger partial charge in [0.05, 0.1) is 24.1 Å². The van der Waals surface area contributed by atoms with Crippen molar-refractivity contribution in [2.75, 3.05) is 0 Å². The van der Waals surface area contributed by atoms with Gasteiger partial charge in [0.25, 0.3) is 0 Å². The number of hydrogen-bond acceptors (Lipinski definition) is 4. The van der Waals surface area contributed by atoms with Gasteiger partial charge in [-0.15, -0.1) is 0 Å². The van der Waals surface area contributed by atoms with Crippen molar-refractivity contribution in [3.8, 4) is 22.5 Å². The van der Waals surface area contributed by atoms with Gasteiger partial charge in [0.1, 0.15) is 11.5 Å². The number of aromatic amines is 1. The molecule has 0 bridgehead atoms. The standard InChI is InChI=1S/C20H17FN6/c1-10-6-13(14-9-23-25-20(14)24-10)18-16-5-2-11-7-17(11)27(16)26-19(18)15-4-3-12(21)8-22-15/h3-4,6,8-9,11,17H,2,5,7H2,1H3,(H,23,24,25). The smallest absolute Gasteiger partial charge is 0.155 e. The third kappa shape index (κ3) is 2.17. The van der Waals surface area contributed by atoms with Crippen LogP contribution in [0.3, 0.4) is 0 Å². The van der Waals surface area contributed by atoms with E-state index in [2.05, 4.69) is 30.9 Å². The first-order chi connectivity index (χ1) is 13.2. The zero-order valence-corrected chi connectivity index (χ0v) is 14.8. The second kappa shape index (κ2) is 5.22. The van der Waals surface area contributed by atoms with E-state index in [9.17, 15) is 4.39 Å². The van der Waals surface area contributed by atoms with Gasteiger partial charge in [-0.05, 0) is 50.3 Å². The lowest BCUT2D eigenvalue weighted by atomic mass is 9.95. The van der Waals surface area contributed by atoms with Crippen LogP contribution in [0, 0.1) is 18.7 Å². The maximum Gasteiger partial charge on any atom is 0.155 e. The molecule has 6 nitrogen and oxygen atoms in total. The Bertz CT molecular complexity index is 1190. The van der Waals surface area contributed by atoms with Crippen molar-refractivity contribution in [3.05, 3.63) is 47.8 Å². The van der Waals surface area contributed by atoms with E-state index in [-0.39, 0.29) is 5.82 Å². The van der Waals surface area contributed by atoms with Crippen molar-refractivity contribution in [3.63, 3.8) is 0 Å². The van der Waals surface area contributed by atoms with Gasteiger partial charge in [-0.1, -0.05) is 0 Å². The molecule has 1 fully saturated rings. The van der Waals surface area contributed by atoms with Crippen molar-refractivity contribution in [1.82, 2.24) is 29.9 Å². The Kier molecular flexibility index (Phi) is 2.90.